The molecule has 1 rings (SSSR count). The summed E-state index contributed by atoms with van der Waals surface area (Å²) >= 11 is 0. The van der Waals surface area contributed by atoms with E-state index < -0.39 is 17.8 Å². The lowest BCUT2D eigenvalue weighted by Gasteiger charge is -2.08. The van der Waals surface area contributed by atoms with Crippen molar-refractivity contribution in [3.63, 3.8) is 0 Å². The molecule has 0 unspecified atom stereocenters. The Hall–Kier alpha value is -2.31. The SMILES string of the molecule is COc1cc(NCC(=O)NC(N)=O)ccc1F. The number of methoxy groups -OCH3 is 1. The van der Waals surface area contributed by atoms with Crippen LogP contribution in [0.4, 0.5) is 14.9 Å². The minimum Gasteiger partial charge on any atom is -0.494 e. The maximum Gasteiger partial charge on any atom is 0.318 e. The van der Waals surface area contributed by atoms with Gasteiger partial charge in [-0.05, 0) is 12.1 Å². The number of carbonyl (C=O) groups is 2. The Morgan fingerprint density at radius 3 is 2.76 bits per heavy atom. The van der Waals surface area contributed by atoms with E-state index in [0.717, 1.165) is 0 Å². The zero-order valence-corrected chi connectivity index (χ0v) is 9.12. The third-order valence-corrected chi connectivity index (χ3v) is 1.87. The van der Waals surface area contributed by atoms with Crippen LogP contribution in [0.1, 0.15) is 0 Å². The highest BCUT2D eigenvalue weighted by Crippen LogP contribution is 2.20. The van der Waals surface area contributed by atoms with Crippen molar-refractivity contribution in [2.75, 3.05) is 19.0 Å². The Kier molecular flexibility index (Phi) is 4.27. The van der Waals surface area contributed by atoms with Crippen molar-refractivity contribution in [1.29, 1.82) is 0 Å². The molecule has 0 saturated carbocycles. The van der Waals surface area contributed by atoms with E-state index in [4.69, 9.17) is 10.5 Å². The maximum atomic E-state index is 13.0. The molecular formula is C10H12FN3O3. The predicted molar refractivity (Wildman–Crippen MR) is 59.2 cm³/mol. The number of rotatable bonds is 4. The van der Waals surface area contributed by atoms with E-state index in [1.807, 2.05) is 5.32 Å². The third kappa shape index (κ3) is 3.98. The van der Waals surface area contributed by atoms with Gasteiger partial charge in [-0.25, -0.2) is 9.18 Å². The zero-order chi connectivity index (χ0) is 12.8. The van der Waals surface area contributed by atoms with Crippen molar-refractivity contribution in [3.8, 4) is 5.75 Å². The van der Waals surface area contributed by atoms with Gasteiger partial charge >= 0.3 is 6.03 Å². The molecule has 0 radical (unpaired) electrons. The Morgan fingerprint density at radius 1 is 1.47 bits per heavy atom. The van der Waals surface area contributed by atoms with Crippen LogP contribution in [0.2, 0.25) is 0 Å². The molecule has 0 spiro atoms. The second kappa shape index (κ2) is 5.69. The van der Waals surface area contributed by atoms with Gasteiger partial charge in [0.1, 0.15) is 0 Å². The highest BCUT2D eigenvalue weighted by molar-refractivity contribution is 5.95. The monoisotopic (exact) mass is 241 g/mol. The van der Waals surface area contributed by atoms with Gasteiger partial charge < -0.3 is 15.8 Å². The second-order valence-corrected chi connectivity index (χ2v) is 3.12. The van der Waals surface area contributed by atoms with Gasteiger partial charge in [-0.15, -0.1) is 0 Å². The summed E-state index contributed by atoms with van der Waals surface area (Å²) in [6.07, 6.45) is 0. The molecule has 0 heterocycles. The summed E-state index contributed by atoms with van der Waals surface area (Å²) in [6.45, 7) is -0.155. The minimum atomic E-state index is -0.923. The van der Waals surface area contributed by atoms with Crippen molar-refractivity contribution < 1.29 is 18.7 Å². The van der Waals surface area contributed by atoms with Crippen LogP contribution in [0.3, 0.4) is 0 Å². The summed E-state index contributed by atoms with van der Waals surface area (Å²) in [5, 5.41) is 4.57. The van der Waals surface area contributed by atoms with Crippen LogP contribution in [0.5, 0.6) is 5.75 Å². The standard InChI is InChI=1S/C10H12FN3O3/c1-17-8-4-6(2-3-7(8)11)13-5-9(15)14-10(12)16/h2-4,13H,5H2,1H3,(H3,12,14,15,16). The first-order chi connectivity index (χ1) is 8.02. The van der Waals surface area contributed by atoms with E-state index >= 15 is 0 Å². The predicted octanol–water partition coefficient (Wildman–Crippen LogP) is 0.441. The third-order valence-electron chi connectivity index (χ3n) is 1.87. The first-order valence-corrected chi connectivity index (χ1v) is 4.69. The molecule has 4 N–H and O–H groups in total. The van der Waals surface area contributed by atoms with Gasteiger partial charge in [-0.2, -0.15) is 0 Å². The Morgan fingerprint density at radius 2 is 2.18 bits per heavy atom. The number of hydrogen-bond acceptors (Lipinski definition) is 4. The van der Waals surface area contributed by atoms with Crippen LogP contribution in [0.15, 0.2) is 18.2 Å². The van der Waals surface area contributed by atoms with E-state index in [1.54, 1.807) is 0 Å². The fourth-order valence-corrected chi connectivity index (χ4v) is 1.13. The summed E-state index contributed by atoms with van der Waals surface area (Å²) < 4.78 is 17.8. The van der Waals surface area contributed by atoms with E-state index in [-0.39, 0.29) is 12.3 Å². The largest absolute Gasteiger partial charge is 0.494 e. The highest BCUT2D eigenvalue weighted by atomic mass is 19.1. The summed E-state index contributed by atoms with van der Waals surface area (Å²) in [6, 6.07) is 3.11. The second-order valence-electron chi connectivity index (χ2n) is 3.12. The van der Waals surface area contributed by atoms with Crippen molar-refractivity contribution >= 4 is 17.6 Å². The number of urea groups is 1. The van der Waals surface area contributed by atoms with Crippen LogP contribution >= 0.6 is 0 Å². The van der Waals surface area contributed by atoms with Crippen LogP contribution in [0.25, 0.3) is 0 Å². The molecule has 0 atom stereocenters. The van der Waals surface area contributed by atoms with E-state index in [9.17, 15) is 14.0 Å². The molecule has 0 aliphatic rings. The fraction of sp³-hybridized carbons (Fsp3) is 0.200. The number of carbonyl (C=O) groups excluding carboxylic acids is 2. The number of amides is 3. The van der Waals surface area contributed by atoms with Gasteiger partial charge in [0.2, 0.25) is 5.91 Å². The smallest absolute Gasteiger partial charge is 0.318 e. The molecule has 0 aromatic heterocycles. The van der Waals surface area contributed by atoms with E-state index in [2.05, 4.69) is 5.32 Å². The quantitative estimate of drug-likeness (QED) is 0.713. The summed E-state index contributed by atoms with van der Waals surface area (Å²) in [5.41, 5.74) is 5.25. The van der Waals surface area contributed by atoms with E-state index in [1.165, 1.54) is 25.3 Å². The molecule has 0 aliphatic carbocycles. The number of halogens is 1. The average Bonchev–Trinajstić information content (AvgIpc) is 2.27. The van der Waals surface area contributed by atoms with Crippen molar-refractivity contribution in [1.82, 2.24) is 5.32 Å². The number of imide groups is 1. The summed E-state index contributed by atoms with van der Waals surface area (Å²) in [5.74, 6) is -1.02. The molecule has 0 fully saturated rings. The maximum absolute atomic E-state index is 13.0. The molecule has 1 aromatic rings. The van der Waals surface area contributed by atoms with Gasteiger partial charge in [0.05, 0.1) is 13.7 Å². The van der Waals surface area contributed by atoms with Crippen molar-refractivity contribution in [2.24, 2.45) is 5.73 Å². The molecule has 92 valence electrons. The first kappa shape index (κ1) is 12.8. The van der Waals surface area contributed by atoms with Crippen LogP contribution in [-0.2, 0) is 4.79 Å². The lowest BCUT2D eigenvalue weighted by atomic mass is 10.3. The molecule has 7 heteroatoms. The number of primary amides is 1. The zero-order valence-electron chi connectivity index (χ0n) is 9.12. The van der Waals surface area contributed by atoms with E-state index in [0.29, 0.717) is 5.69 Å². The van der Waals surface area contributed by atoms with Gasteiger partial charge in [0.25, 0.3) is 0 Å². The average molecular weight is 241 g/mol. The molecular weight excluding hydrogens is 229 g/mol. The molecule has 3 amide bonds. The Bertz CT molecular complexity index is 437. The van der Waals surface area contributed by atoms with Gasteiger partial charge in [-0.3, -0.25) is 10.1 Å². The molecule has 0 aliphatic heterocycles. The van der Waals surface area contributed by atoms with Crippen LogP contribution in [0, 0.1) is 5.82 Å². The number of hydrogen-bond donors (Lipinski definition) is 3. The normalized spacial score (nSPS) is 9.53. The molecule has 0 bridgehead atoms. The first-order valence-electron chi connectivity index (χ1n) is 4.69. The Balaban J connectivity index is 2.57. The number of ether oxygens (including phenoxy) is 1. The summed E-state index contributed by atoms with van der Waals surface area (Å²) in [7, 11) is 1.34. The van der Waals surface area contributed by atoms with Crippen molar-refractivity contribution in [2.45, 2.75) is 0 Å². The number of nitrogens with one attached hydrogen (secondary N) is 2. The number of benzene rings is 1. The Labute approximate surface area is 96.9 Å². The molecule has 0 saturated heterocycles. The molecule has 1 aromatic carbocycles. The highest BCUT2D eigenvalue weighted by Gasteiger charge is 2.06. The lowest BCUT2D eigenvalue weighted by molar-refractivity contribution is -0.118. The van der Waals surface area contributed by atoms with Gasteiger partial charge in [0, 0.05) is 11.8 Å². The summed E-state index contributed by atoms with van der Waals surface area (Å²) in [4.78, 5) is 21.4. The number of nitrogens with two attached hydrogens (primary N) is 1. The molecule has 17 heavy (non-hydrogen) atoms. The minimum absolute atomic E-state index is 0.0605. The van der Waals surface area contributed by atoms with Gasteiger partial charge in [-0.1, -0.05) is 0 Å². The van der Waals surface area contributed by atoms with Crippen molar-refractivity contribution in [3.05, 3.63) is 24.0 Å². The van der Waals surface area contributed by atoms with Gasteiger partial charge in [0.15, 0.2) is 11.6 Å². The fourth-order valence-electron chi connectivity index (χ4n) is 1.13. The topological polar surface area (TPSA) is 93.4 Å². The van der Waals surface area contributed by atoms with Crippen LogP contribution in [-0.4, -0.2) is 25.6 Å². The molecule has 6 nitrogen and oxygen atoms in total. The number of anilines is 1. The lowest BCUT2D eigenvalue weighted by Crippen LogP contribution is -2.38. The van der Waals surface area contributed by atoms with Crippen LogP contribution < -0.4 is 21.1 Å².